The summed E-state index contributed by atoms with van der Waals surface area (Å²) in [7, 11) is 0. The van der Waals surface area contributed by atoms with Crippen LogP contribution in [0.2, 0.25) is 0 Å². The Morgan fingerprint density at radius 3 is 2.32 bits per heavy atom. The molecule has 0 radical (unpaired) electrons. The van der Waals surface area contributed by atoms with Crippen molar-refractivity contribution >= 4 is 23.4 Å². The second kappa shape index (κ2) is 9.20. The average molecular weight is 345 g/mol. The SMILES string of the molecule is CCCCC(=O)NC1CCN(C(=O)c2ccc(NC(C)=O)cc2)CC1. The van der Waals surface area contributed by atoms with Crippen LogP contribution in [0.1, 0.15) is 56.3 Å². The Morgan fingerprint density at radius 1 is 1.12 bits per heavy atom. The topological polar surface area (TPSA) is 78.5 Å². The number of nitrogens with zero attached hydrogens (tertiary/aromatic N) is 1. The number of anilines is 1. The molecule has 0 spiro atoms. The molecular formula is C19H27N3O3. The van der Waals surface area contributed by atoms with E-state index in [1.807, 2.05) is 4.90 Å². The highest BCUT2D eigenvalue weighted by molar-refractivity contribution is 5.95. The zero-order chi connectivity index (χ0) is 18.2. The van der Waals surface area contributed by atoms with E-state index in [2.05, 4.69) is 17.6 Å². The van der Waals surface area contributed by atoms with Crippen LogP contribution < -0.4 is 10.6 Å². The Morgan fingerprint density at radius 2 is 1.76 bits per heavy atom. The first-order valence-electron chi connectivity index (χ1n) is 8.96. The predicted octanol–water partition coefficient (Wildman–Crippen LogP) is 2.56. The number of carbonyl (C=O) groups excluding carboxylic acids is 3. The van der Waals surface area contributed by atoms with Crippen molar-refractivity contribution in [1.29, 1.82) is 0 Å². The molecule has 0 bridgehead atoms. The summed E-state index contributed by atoms with van der Waals surface area (Å²) < 4.78 is 0. The fourth-order valence-corrected chi connectivity index (χ4v) is 2.95. The van der Waals surface area contributed by atoms with Crippen molar-refractivity contribution in [3.8, 4) is 0 Å². The van der Waals surface area contributed by atoms with Crippen LogP contribution in [-0.4, -0.2) is 41.8 Å². The number of amides is 3. The lowest BCUT2D eigenvalue weighted by atomic mass is 10.0. The molecule has 2 N–H and O–H groups in total. The lowest BCUT2D eigenvalue weighted by Crippen LogP contribution is -2.46. The maximum absolute atomic E-state index is 12.6. The minimum atomic E-state index is -0.137. The molecule has 25 heavy (non-hydrogen) atoms. The summed E-state index contributed by atoms with van der Waals surface area (Å²) in [5, 5.41) is 5.75. The molecule has 6 heteroatoms. The van der Waals surface area contributed by atoms with Gasteiger partial charge < -0.3 is 15.5 Å². The number of nitrogens with one attached hydrogen (secondary N) is 2. The Hall–Kier alpha value is -2.37. The van der Waals surface area contributed by atoms with E-state index in [4.69, 9.17) is 0 Å². The summed E-state index contributed by atoms with van der Waals surface area (Å²) in [6.07, 6.45) is 4.08. The van der Waals surface area contributed by atoms with Crippen molar-refractivity contribution in [2.24, 2.45) is 0 Å². The molecule has 1 fully saturated rings. The van der Waals surface area contributed by atoms with Crippen molar-refractivity contribution in [2.45, 2.75) is 52.0 Å². The molecule has 0 unspecified atom stereocenters. The number of carbonyl (C=O) groups is 3. The first-order chi connectivity index (χ1) is 12.0. The van der Waals surface area contributed by atoms with Crippen LogP contribution in [0.4, 0.5) is 5.69 Å². The maximum atomic E-state index is 12.6. The van der Waals surface area contributed by atoms with E-state index in [0.717, 1.165) is 25.7 Å². The minimum Gasteiger partial charge on any atom is -0.353 e. The second-order valence-electron chi connectivity index (χ2n) is 6.50. The van der Waals surface area contributed by atoms with Crippen LogP contribution in [-0.2, 0) is 9.59 Å². The normalized spacial score (nSPS) is 14.9. The van der Waals surface area contributed by atoms with Crippen LogP contribution in [0.3, 0.4) is 0 Å². The lowest BCUT2D eigenvalue weighted by molar-refractivity contribution is -0.122. The molecule has 1 aliphatic heterocycles. The highest BCUT2D eigenvalue weighted by Gasteiger charge is 2.24. The van der Waals surface area contributed by atoms with Gasteiger partial charge in [0.05, 0.1) is 0 Å². The first-order valence-corrected chi connectivity index (χ1v) is 8.96. The molecule has 0 aromatic heterocycles. The summed E-state index contributed by atoms with van der Waals surface area (Å²) in [4.78, 5) is 37.2. The van der Waals surface area contributed by atoms with Crippen molar-refractivity contribution in [3.05, 3.63) is 29.8 Å². The van der Waals surface area contributed by atoms with Gasteiger partial charge in [0, 0.05) is 43.7 Å². The summed E-state index contributed by atoms with van der Waals surface area (Å²) >= 11 is 0. The highest BCUT2D eigenvalue weighted by Crippen LogP contribution is 2.16. The molecule has 1 aromatic rings. The Kier molecular flexibility index (Phi) is 6.98. The molecule has 2 rings (SSSR count). The van der Waals surface area contributed by atoms with Gasteiger partial charge in [0.2, 0.25) is 11.8 Å². The van der Waals surface area contributed by atoms with E-state index in [1.54, 1.807) is 24.3 Å². The van der Waals surface area contributed by atoms with Crippen molar-refractivity contribution < 1.29 is 14.4 Å². The van der Waals surface area contributed by atoms with Gasteiger partial charge in [-0.1, -0.05) is 13.3 Å². The molecular weight excluding hydrogens is 318 g/mol. The van der Waals surface area contributed by atoms with E-state index in [-0.39, 0.29) is 23.8 Å². The van der Waals surface area contributed by atoms with Crippen molar-refractivity contribution in [1.82, 2.24) is 10.2 Å². The van der Waals surface area contributed by atoms with Crippen molar-refractivity contribution in [3.63, 3.8) is 0 Å². The van der Waals surface area contributed by atoms with Crippen LogP contribution >= 0.6 is 0 Å². The third-order valence-corrected chi connectivity index (χ3v) is 4.36. The predicted molar refractivity (Wildman–Crippen MR) is 97.3 cm³/mol. The van der Waals surface area contributed by atoms with E-state index in [9.17, 15) is 14.4 Å². The third kappa shape index (κ3) is 5.89. The number of likely N-dealkylation sites (tertiary alicyclic amines) is 1. The summed E-state index contributed by atoms with van der Waals surface area (Å²) in [5.74, 6) is -0.0348. The molecule has 1 aromatic carbocycles. The summed E-state index contributed by atoms with van der Waals surface area (Å²) in [5.41, 5.74) is 1.29. The average Bonchev–Trinajstić information content (AvgIpc) is 2.60. The van der Waals surface area contributed by atoms with Crippen LogP contribution in [0.25, 0.3) is 0 Å². The lowest BCUT2D eigenvalue weighted by Gasteiger charge is -2.32. The van der Waals surface area contributed by atoms with Crippen LogP contribution in [0.15, 0.2) is 24.3 Å². The number of benzene rings is 1. The molecule has 136 valence electrons. The fourth-order valence-electron chi connectivity index (χ4n) is 2.95. The number of hydrogen-bond acceptors (Lipinski definition) is 3. The van der Waals surface area contributed by atoms with Gasteiger partial charge in [-0.25, -0.2) is 0 Å². The van der Waals surface area contributed by atoms with Crippen LogP contribution in [0, 0.1) is 0 Å². The molecule has 0 aliphatic carbocycles. The molecule has 0 saturated carbocycles. The number of piperidine rings is 1. The van der Waals surface area contributed by atoms with E-state index in [0.29, 0.717) is 30.8 Å². The number of rotatable bonds is 6. The Balaban J connectivity index is 1.82. The molecule has 1 aliphatic rings. The zero-order valence-electron chi connectivity index (χ0n) is 15.0. The Bertz CT molecular complexity index is 605. The van der Waals surface area contributed by atoms with Gasteiger partial charge in [-0.15, -0.1) is 0 Å². The molecule has 3 amide bonds. The summed E-state index contributed by atoms with van der Waals surface area (Å²) in [6, 6.07) is 7.08. The van der Waals surface area contributed by atoms with Gasteiger partial charge in [0.1, 0.15) is 0 Å². The molecule has 6 nitrogen and oxygen atoms in total. The minimum absolute atomic E-state index is 0.00913. The molecule has 1 saturated heterocycles. The van der Waals surface area contributed by atoms with Gasteiger partial charge in [0.25, 0.3) is 5.91 Å². The largest absolute Gasteiger partial charge is 0.353 e. The molecule has 0 atom stereocenters. The fraction of sp³-hybridized carbons (Fsp3) is 0.526. The monoisotopic (exact) mass is 345 g/mol. The molecule has 1 heterocycles. The third-order valence-electron chi connectivity index (χ3n) is 4.36. The second-order valence-corrected chi connectivity index (χ2v) is 6.50. The quantitative estimate of drug-likeness (QED) is 0.832. The maximum Gasteiger partial charge on any atom is 0.253 e. The van der Waals surface area contributed by atoms with Gasteiger partial charge in [-0.3, -0.25) is 14.4 Å². The van der Waals surface area contributed by atoms with Crippen molar-refractivity contribution in [2.75, 3.05) is 18.4 Å². The van der Waals surface area contributed by atoms with Gasteiger partial charge in [0.15, 0.2) is 0 Å². The standard InChI is InChI=1S/C19H27N3O3/c1-3-4-5-18(24)21-17-10-12-22(13-11-17)19(25)15-6-8-16(9-7-15)20-14(2)23/h6-9,17H,3-5,10-13H2,1-2H3,(H,20,23)(H,21,24). The highest BCUT2D eigenvalue weighted by atomic mass is 16.2. The van der Waals surface area contributed by atoms with Gasteiger partial charge in [-0.05, 0) is 43.5 Å². The zero-order valence-corrected chi connectivity index (χ0v) is 15.0. The van der Waals surface area contributed by atoms with Gasteiger partial charge in [-0.2, -0.15) is 0 Å². The smallest absolute Gasteiger partial charge is 0.253 e. The summed E-state index contributed by atoms with van der Waals surface area (Å²) in [6.45, 7) is 4.81. The van der Waals surface area contributed by atoms with Gasteiger partial charge >= 0.3 is 0 Å². The number of hydrogen-bond donors (Lipinski definition) is 2. The Labute approximate surface area is 149 Å². The van der Waals surface area contributed by atoms with E-state index >= 15 is 0 Å². The number of unbranched alkanes of at least 4 members (excludes halogenated alkanes) is 1. The first kappa shape index (κ1) is 19.0. The van der Waals surface area contributed by atoms with E-state index in [1.165, 1.54) is 6.92 Å². The van der Waals surface area contributed by atoms with E-state index < -0.39 is 0 Å². The van der Waals surface area contributed by atoms with Crippen LogP contribution in [0.5, 0.6) is 0 Å².